The second-order valence-electron chi connectivity index (χ2n) is 13.1. The van der Waals surface area contributed by atoms with Gasteiger partial charge in [0.15, 0.2) is 0 Å². The van der Waals surface area contributed by atoms with Crippen LogP contribution in [0.4, 0.5) is 0 Å². The van der Waals surface area contributed by atoms with E-state index in [4.69, 9.17) is 9.97 Å². The van der Waals surface area contributed by atoms with Gasteiger partial charge in [-0.25, -0.2) is 9.97 Å². The van der Waals surface area contributed by atoms with Crippen molar-refractivity contribution in [3.63, 3.8) is 0 Å². The van der Waals surface area contributed by atoms with Gasteiger partial charge in [0.2, 0.25) is 5.95 Å². The number of benzene rings is 8. The highest BCUT2D eigenvalue weighted by Crippen LogP contribution is 2.41. The summed E-state index contributed by atoms with van der Waals surface area (Å²) in [6.07, 6.45) is 0. The number of hydrogen-bond acceptors (Lipinski definition) is 2. The van der Waals surface area contributed by atoms with Gasteiger partial charge in [0.1, 0.15) is 0 Å². The highest BCUT2D eigenvalue weighted by molar-refractivity contribution is 6.20. The van der Waals surface area contributed by atoms with Crippen molar-refractivity contribution in [2.24, 2.45) is 0 Å². The van der Waals surface area contributed by atoms with Crippen LogP contribution in [-0.4, -0.2) is 19.1 Å². The van der Waals surface area contributed by atoms with Gasteiger partial charge >= 0.3 is 0 Å². The fourth-order valence-corrected chi connectivity index (χ4v) is 7.95. The molecule has 0 atom stereocenters. The van der Waals surface area contributed by atoms with Crippen LogP contribution in [0.1, 0.15) is 0 Å². The molecule has 11 rings (SSSR count). The minimum absolute atomic E-state index is 0.659. The van der Waals surface area contributed by atoms with Gasteiger partial charge in [-0.05, 0) is 70.1 Å². The molecule has 3 aromatic heterocycles. The Balaban J connectivity index is 1.29. The lowest BCUT2D eigenvalue weighted by Crippen LogP contribution is -2.03. The summed E-state index contributed by atoms with van der Waals surface area (Å²) in [6, 6.07) is 60.8. The molecule has 0 unspecified atom stereocenters. The molecule has 0 saturated carbocycles. The topological polar surface area (TPSA) is 35.6 Å². The second-order valence-corrected chi connectivity index (χ2v) is 13.1. The highest BCUT2D eigenvalue weighted by atomic mass is 15.2. The smallest absolute Gasteiger partial charge is 0.235 e. The van der Waals surface area contributed by atoms with Gasteiger partial charge in [-0.3, -0.25) is 4.57 Å². The fraction of sp³-hybridized carbons (Fsp3) is 0. The zero-order chi connectivity index (χ0) is 32.8. The van der Waals surface area contributed by atoms with Crippen molar-refractivity contribution < 1.29 is 0 Å². The molecule has 0 aliphatic rings. The summed E-state index contributed by atoms with van der Waals surface area (Å²) in [6.45, 7) is 0. The first-order valence-electron chi connectivity index (χ1n) is 17.0. The molecule has 0 spiro atoms. The van der Waals surface area contributed by atoms with Crippen LogP contribution in [-0.2, 0) is 0 Å². The van der Waals surface area contributed by atoms with Crippen LogP contribution in [0.25, 0.3) is 99.0 Å². The molecule has 0 radical (unpaired) electrons. The molecule has 0 aliphatic heterocycles. The van der Waals surface area contributed by atoms with E-state index in [0.29, 0.717) is 5.95 Å². The molecule has 0 saturated heterocycles. The Labute approximate surface area is 287 Å². The molecule has 0 N–H and O–H groups in total. The van der Waals surface area contributed by atoms with Crippen LogP contribution in [0.5, 0.6) is 0 Å². The summed E-state index contributed by atoms with van der Waals surface area (Å²) in [5.74, 6) is 0.659. The van der Waals surface area contributed by atoms with Crippen LogP contribution in [0.3, 0.4) is 0 Å². The molecule has 0 aliphatic carbocycles. The van der Waals surface area contributed by atoms with Crippen LogP contribution in [0.2, 0.25) is 0 Å². The Morgan fingerprint density at radius 1 is 0.340 bits per heavy atom. The third kappa shape index (κ3) is 3.93. The van der Waals surface area contributed by atoms with Crippen LogP contribution >= 0.6 is 0 Å². The van der Waals surface area contributed by atoms with Crippen molar-refractivity contribution in [1.82, 2.24) is 19.1 Å². The molecule has 0 fully saturated rings. The van der Waals surface area contributed by atoms with E-state index in [9.17, 15) is 0 Å². The lowest BCUT2D eigenvalue weighted by atomic mass is 10.0. The minimum Gasteiger partial charge on any atom is -0.309 e. The largest absolute Gasteiger partial charge is 0.309 e. The molecule has 0 amide bonds. The second kappa shape index (κ2) is 10.4. The Kier molecular flexibility index (Phi) is 5.63. The number of rotatable bonds is 3. The predicted octanol–water partition coefficient (Wildman–Crippen LogP) is 11.8. The van der Waals surface area contributed by atoms with Crippen LogP contribution < -0.4 is 0 Å². The molecular formula is C46H28N4. The molecule has 8 aromatic carbocycles. The van der Waals surface area contributed by atoms with Crippen molar-refractivity contribution >= 4 is 76.1 Å². The lowest BCUT2D eigenvalue weighted by molar-refractivity contribution is 1.01. The normalized spacial score (nSPS) is 12.0. The predicted molar refractivity (Wildman–Crippen MR) is 209 cm³/mol. The van der Waals surface area contributed by atoms with Gasteiger partial charge in [0.05, 0.1) is 33.3 Å². The van der Waals surface area contributed by atoms with E-state index in [-0.39, 0.29) is 0 Å². The summed E-state index contributed by atoms with van der Waals surface area (Å²) in [4.78, 5) is 10.6. The maximum Gasteiger partial charge on any atom is 0.235 e. The zero-order valence-corrected chi connectivity index (χ0v) is 27.0. The molecule has 3 heterocycles. The van der Waals surface area contributed by atoms with Gasteiger partial charge in [-0.1, -0.05) is 121 Å². The van der Waals surface area contributed by atoms with Crippen molar-refractivity contribution in [1.29, 1.82) is 0 Å². The van der Waals surface area contributed by atoms with Gasteiger partial charge in [0, 0.05) is 38.2 Å². The number of aromatic nitrogens is 4. The molecule has 50 heavy (non-hydrogen) atoms. The van der Waals surface area contributed by atoms with Gasteiger partial charge < -0.3 is 4.57 Å². The van der Waals surface area contributed by atoms with Gasteiger partial charge in [-0.15, -0.1) is 0 Å². The lowest BCUT2D eigenvalue weighted by Gasteiger charge is -2.12. The molecular weight excluding hydrogens is 609 g/mol. The highest BCUT2D eigenvalue weighted by Gasteiger charge is 2.21. The Hall–Kier alpha value is -6.78. The van der Waals surface area contributed by atoms with E-state index < -0.39 is 0 Å². The van der Waals surface area contributed by atoms with E-state index in [2.05, 4.69) is 173 Å². The minimum atomic E-state index is 0.659. The van der Waals surface area contributed by atoms with E-state index in [0.717, 1.165) is 44.4 Å². The maximum atomic E-state index is 5.33. The summed E-state index contributed by atoms with van der Waals surface area (Å²) in [5.41, 5.74) is 8.53. The van der Waals surface area contributed by atoms with Crippen LogP contribution in [0, 0.1) is 0 Å². The number of nitrogens with zero attached hydrogens (tertiary/aromatic N) is 4. The first kappa shape index (κ1) is 27.2. The average molecular weight is 637 g/mol. The van der Waals surface area contributed by atoms with E-state index in [1.165, 1.54) is 48.6 Å². The van der Waals surface area contributed by atoms with Gasteiger partial charge in [-0.2, -0.15) is 0 Å². The SMILES string of the molecule is c1ccc(-c2nc(-n3c4ccccc4c4cc5c6cc7ccccc7cc6n(-c6ccc7ccccc7c6)c5cc43)nc3ccccc23)cc1. The van der Waals surface area contributed by atoms with Crippen molar-refractivity contribution in [2.45, 2.75) is 0 Å². The summed E-state index contributed by atoms with van der Waals surface area (Å²) in [5, 5.41) is 10.8. The molecule has 0 bridgehead atoms. The van der Waals surface area contributed by atoms with Crippen molar-refractivity contribution in [2.75, 3.05) is 0 Å². The van der Waals surface area contributed by atoms with Crippen molar-refractivity contribution in [3.8, 4) is 22.9 Å². The molecule has 4 nitrogen and oxygen atoms in total. The third-order valence-electron chi connectivity index (χ3n) is 10.3. The first-order valence-corrected chi connectivity index (χ1v) is 17.0. The van der Waals surface area contributed by atoms with Crippen molar-refractivity contribution in [3.05, 3.63) is 170 Å². The zero-order valence-electron chi connectivity index (χ0n) is 27.0. The summed E-state index contributed by atoms with van der Waals surface area (Å²) < 4.78 is 4.68. The molecule has 232 valence electrons. The van der Waals surface area contributed by atoms with Crippen LogP contribution in [0.15, 0.2) is 170 Å². The third-order valence-corrected chi connectivity index (χ3v) is 10.3. The Bertz CT molecular complexity index is 3150. The summed E-state index contributed by atoms with van der Waals surface area (Å²) in [7, 11) is 0. The number of hydrogen-bond donors (Lipinski definition) is 0. The summed E-state index contributed by atoms with van der Waals surface area (Å²) >= 11 is 0. The van der Waals surface area contributed by atoms with E-state index in [1.807, 2.05) is 6.07 Å². The average Bonchev–Trinajstić information content (AvgIpc) is 3.67. The van der Waals surface area contributed by atoms with Gasteiger partial charge in [0.25, 0.3) is 0 Å². The standard InChI is InChI=1S/C46H28N4/c1-2-13-30(14-3-1)45-36-19-8-10-20-40(36)47-46(48-45)50-41-21-11-9-18-35(41)38-27-39-37-25-32-16-6-7-17-33(32)26-42(37)49(43(39)28-44(38)50)34-23-22-29-12-4-5-15-31(29)24-34/h1-28H. The number of fused-ring (bicyclic) bond motifs is 9. The quantitative estimate of drug-likeness (QED) is 0.193. The number of para-hydroxylation sites is 2. The molecule has 4 heteroatoms. The maximum absolute atomic E-state index is 5.33. The first-order chi connectivity index (χ1) is 24.8. The fourth-order valence-electron chi connectivity index (χ4n) is 7.95. The Morgan fingerprint density at radius 3 is 1.78 bits per heavy atom. The Morgan fingerprint density at radius 2 is 0.940 bits per heavy atom. The van der Waals surface area contributed by atoms with E-state index >= 15 is 0 Å². The van der Waals surface area contributed by atoms with E-state index in [1.54, 1.807) is 0 Å². The molecule has 11 aromatic rings. The monoisotopic (exact) mass is 636 g/mol.